The van der Waals surface area contributed by atoms with E-state index in [4.69, 9.17) is 22.1 Å². The van der Waals surface area contributed by atoms with Crippen LogP contribution in [0.5, 0.6) is 0 Å². The summed E-state index contributed by atoms with van der Waals surface area (Å²) in [4.78, 5) is 0. The van der Waals surface area contributed by atoms with Crippen molar-refractivity contribution in [3.63, 3.8) is 0 Å². The Hall–Kier alpha value is -1.51. The van der Waals surface area contributed by atoms with Gasteiger partial charge in [-0.15, -0.1) is 0 Å². The summed E-state index contributed by atoms with van der Waals surface area (Å²) in [6.45, 7) is 0.570. The van der Waals surface area contributed by atoms with Crippen molar-refractivity contribution in [3.05, 3.63) is 64.2 Å². The normalized spacial score (nSPS) is 17.8. The van der Waals surface area contributed by atoms with Crippen molar-refractivity contribution in [3.8, 4) is 0 Å². The van der Waals surface area contributed by atoms with Gasteiger partial charge in [-0.05, 0) is 48.1 Å². The standard InChI is InChI=1S/C17H18ClNO/c18-15-9-8-12(10-16(15)19)11-20-17-7-3-5-13-4-1-2-6-14(13)17/h1-2,4,6,8-10,17H,3,5,7,11,19H2. The van der Waals surface area contributed by atoms with E-state index in [-0.39, 0.29) is 6.10 Å². The van der Waals surface area contributed by atoms with Gasteiger partial charge < -0.3 is 10.5 Å². The monoisotopic (exact) mass is 287 g/mol. The van der Waals surface area contributed by atoms with Gasteiger partial charge in [0.15, 0.2) is 0 Å². The summed E-state index contributed by atoms with van der Waals surface area (Å²) < 4.78 is 6.09. The Morgan fingerprint density at radius 1 is 1.20 bits per heavy atom. The van der Waals surface area contributed by atoms with Gasteiger partial charge in [0, 0.05) is 0 Å². The van der Waals surface area contributed by atoms with Gasteiger partial charge in [-0.2, -0.15) is 0 Å². The molecule has 2 aromatic rings. The maximum Gasteiger partial charge on any atom is 0.0832 e. The molecule has 0 radical (unpaired) electrons. The number of nitrogen functional groups attached to an aromatic ring is 1. The average Bonchev–Trinajstić information content (AvgIpc) is 2.48. The molecule has 104 valence electrons. The SMILES string of the molecule is Nc1cc(COC2CCCc3ccccc32)ccc1Cl. The first-order valence-corrected chi connectivity index (χ1v) is 7.35. The molecule has 2 N–H and O–H groups in total. The van der Waals surface area contributed by atoms with E-state index in [0.29, 0.717) is 17.3 Å². The summed E-state index contributed by atoms with van der Waals surface area (Å²) in [5.74, 6) is 0. The number of ether oxygens (including phenoxy) is 1. The molecular formula is C17H18ClNO. The minimum atomic E-state index is 0.192. The van der Waals surface area contributed by atoms with Gasteiger partial charge in [-0.3, -0.25) is 0 Å². The van der Waals surface area contributed by atoms with Crippen LogP contribution in [0.3, 0.4) is 0 Å². The van der Waals surface area contributed by atoms with Crippen LogP contribution >= 0.6 is 11.6 Å². The van der Waals surface area contributed by atoms with Crippen molar-refractivity contribution < 1.29 is 4.74 Å². The van der Waals surface area contributed by atoms with E-state index >= 15 is 0 Å². The predicted octanol–water partition coefficient (Wildman–Crippen LogP) is 4.52. The number of hydrogen-bond acceptors (Lipinski definition) is 2. The highest BCUT2D eigenvalue weighted by molar-refractivity contribution is 6.33. The maximum absolute atomic E-state index is 6.09. The molecule has 2 aromatic carbocycles. The number of aryl methyl sites for hydroxylation is 1. The molecule has 2 nitrogen and oxygen atoms in total. The summed E-state index contributed by atoms with van der Waals surface area (Å²) in [6.07, 6.45) is 3.62. The highest BCUT2D eigenvalue weighted by atomic mass is 35.5. The Morgan fingerprint density at radius 3 is 2.90 bits per heavy atom. The number of nitrogens with two attached hydrogens (primary N) is 1. The van der Waals surface area contributed by atoms with E-state index in [9.17, 15) is 0 Å². The van der Waals surface area contributed by atoms with Crippen LogP contribution in [-0.2, 0) is 17.8 Å². The molecule has 1 aliphatic carbocycles. The van der Waals surface area contributed by atoms with Gasteiger partial charge in [0.25, 0.3) is 0 Å². The van der Waals surface area contributed by atoms with E-state index in [1.807, 2.05) is 18.2 Å². The van der Waals surface area contributed by atoms with Crippen molar-refractivity contribution in [2.75, 3.05) is 5.73 Å². The molecule has 0 saturated heterocycles. The molecule has 0 aliphatic heterocycles. The van der Waals surface area contributed by atoms with Crippen molar-refractivity contribution in [2.24, 2.45) is 0 Å². The van der Waals surface area contributed by atoms with E-state index in [1.54, 1.807) is 0 Å². The average molecular weight is 288 g/mol. The van der Waals surface area contributed by atoms with Gasteiger partial charge in [0.1, 0.15) is 0 Å². The largest absolute Gasteiger partial charge is 0.398 e. The Morgan fingerprint density at radius 2 is 2.05 bits per heavy atom. The maximum atomic E-state index is 6.09. The minimum absolute atomic E-state index is 0.192. The third-order valence-corrected chi connectivity index (χ3v) is 4.17. The first kappa shape index (κ1) is 13.5. The molecule has 1 atom stereocenters. The molecule has 0 fully saturated rings. The van der Waals surface area contributed by atoms with Crippen LogP contribution in [0.4, 0.5) is 5.69 Å². The smallest absolute Gasteiger partial charge is 0.0832 e. The lowest BCUT2D eigenvalue weighted by atomic mass is 9.89. The molecule has 20 heavy (non-hydrogen) atoms. The molecule has 0 amide bonds. The fourth-order valence-electron chi connectivity index (χ4n) is 2.76. The second-order valence-corrected chi connectivity index (χ2v) is 5.65. The molecule has 0 bridgehead atoms. The van der Waals surface area contributed by atoms with Crippen molar-refractivity contribution in [2.45, 2.75) is 32.0 Å². The van der Waals surface area contributed by atoms with Crippen LogP contribution in [-0.4, -0.2) is 0 Å². The summed E-state index contributed by atoms with van der Waals surface area (Å²) in [5.41, 5.74) is 10.2. The number of halogens is 1. The molecular weight excluding hydrogens is 270 g/mol. The zero-order valence-corrected chi connectivity index (χ0v) is 12.1. The van der Waals surface area contributed by atoms with Crippen LogP contribution in [0.15, 0.2) is 42.5 Å². The third kappa shape index (κ3) is 2.82. The van der Waals surface area contributed by atoms with Gasteiger partial charge in [0.2, 0.25) is 0 Å². The summed E-state index contributed by atoms with van der Waals surface area (Å²) in [7, 11) is 0. The third-order valence-electron chi connectivity index (χ3n) is 3.83. The molecule has 1 unspecified atom stereocenters. The second kappa shape index (κ2) is 5.86. The fraction of sp³-hybridized carbons (Fsp3) is 0.294. The van der Waals surface area contributed by atoms with E-state index in [2.05, 4.69) is 24.3 Å². The highest BCUT2D eigenvalue weighted by Gasteiger charge is 2.20. The molecule has 0 aromatic heterocycles. The topological polar surface area (TPSA) is 35.2 Å². The lowest BCUT2D eigenvalue weighted by Crippen LogP contribution is -2.12. The van der Waals surface area contributed by atoms with Crippen molar-refractivity contribution in [1.29, 1.82) is 0 Å². The van der Waals surface area contributed by atoms with Gasteiger partial charge in [-0.1, -0.05) is 41.9 Å². The molecule has 3 heteroatoms. The lowest BCUT2D eigenvalue weighted by molar-refractivity contribution is 0.0283. The highest BCUT2D eigenvalue weighted by Crippen LogP contribution is 2.33. The van der Waals surface area contributed by atoms with Crippen LogP contribution in [0.2, 0.25) is 5.02 Å². The van der Waals surface area contributed by atoms with E-state index in [1.165, 1.54) is 17.5 Å². The lowest BCUT2D eigenvalue weighted by Gasteiger charge is -2.25. The Balaban J connectivity index is 1.71. The number of benzene rings is 2. The zero-order chi connectivity index (χ0) is 13.9. The van der Waals surface area contributed by atoms with Crippen molar-refractivity contribution in [1.82, 2.24) is 0 Å². The number of hydrogen-bond donors (Lipinski definition) is 1. The summed E-state index contributed by atoms with van der Waals surface area (Å²) in [5, 5.41) is 0.594. The molecule has 1 aliphatic rings. The number of anilines is 1. The van der Waals surface area contributed by atoms with Crippen LogP contribution in [0.1, 0.15) is 35.6 Å². The first-order chi connectivity index (χ1) is 9.74. The molecule has 0 saturated carbocycles. The molecule has 0 heterocycles. The van der Waals surface area contributed by atoms with E-state index < -0.39 is 0 Å². The Labute approximate surface area is 124 Å². The Bertz CT molecular complexity index is 612. The zero-order valence-electron chi connectivity index (χ0n) is 11.3. The fourth-order valence-corrected chi connectivity index (χ4v) is 2.88. The summed E-state index contributed by atoms with van der Waals surface area (Å²) in [6, 6.07) is 14.2. The number of rotatable bonds is 3. The van der Waals surface area contributed by atoms with Crippen LogP contribution < -0.4 is 5.73 Å². The predicted molar refractivity (Wildman–Crippen MR) is 82.8 cm³/mol. The summed E-state index contributed by atoms with van der Waals surface area (Å²) >= 11 is 5.93. The molecule has 0 spiro atoms. The minimum Gasteiger partial charge on any atom is -0.398 e. The van der Waals surface area contributed by atoms with Gasteiger partial charge >= 0.3 is 0 Å². The quantitative estimate of drug-likeness (QED) is 0.843. The molecule has 3 rings (SSSR count). The first-order valence-electron chi connectivity index (χ1n) is 6.97. The Kier molecular flexibility index (Phi) is 3.95. The van der Waals surface area contributed by atoms with Gasteiger partial charge in [-0.25, -0.2) is 0 Å². The number of fused-ring (bicyclic) bond motifs is 1. The van der Waals surface area contributed by atoms with E-state index in [0.717, 1.165) is 18.4 Å². The van der Waals surface area contributed by atoms with Gasteiger partial charge in [0.05, 0.1) is 23.4 Å². The second-order valence-electron chi connectivity index (χ2n) is 5.25. The van der Waals surface area contributed by atoms with Crippen LogP contribution in [0.25, 0.3) is 0 Å². The van der Waals surface area contributed by atoms with Crippen LogP contribution in [0, 0.1) is 0 Å². The van der Waals surface area contributed by atoms with Crippen molar-refractivity contribution >= 4 is 17.3 Å².